The van der Waals surface area contributed by atoms with E-state index < -0.39 is 0 Å². The fourth-order valence-corrected chi connectivity index (χ4v) is 13.8. The molecule has 0 unspecified atom stereocenters. The highest BCUT2D eigenvalue weighted by Gasteiger charge is 2.54. The minimum absolute atomic E-state index is 0.232. The van der Waals surface area contributed by atoms with Crippen molar-refractivity contribution in [2.24, 2.45) is 0 Å². The van der Waals surface area contributed by atoms with Gasteiger partial charge in [-0.05, 0) is 188 Å². The van der Waals surface area contributed by atoms with Crippen molar-refractivity contribution in [1.82, 2.24) is 0 Å². The fourth-order valence-electron chi connectivity index (χ4n) is 13.8. The van der Waals surface area contributed by atoms with Crippen LogP contribution in [0.2, 0.25) is 0 Å². The van der Waals surface area contributed by atoms with Crippen LogP contribution in [0, 0.1) is 0 Å². The first-order chi connectivity index (χ1) is 34.8. The highest BCUT2D eigenvalue weighted by Crippen LogP contribution is 2.65. The quantitative estimate of drug-likeness (QED) is 0.154. The Labute approximate surface area is 423 Å². The lowest BCUT2D eigenvalue weighted by Crippen LogP contribution is -2.49. The third-order valence-corrected chi connectivity index (χ3v) is 18.9. The third kappa shape index (κ3) is 5.59. The molecule has 346 valence electrons. The average Bonchev–Trinajstić information content (AvgIpc) is 3.40. The van der Waals surface area contributed by atoms with Gasteiger partial charge in [-0.15, -0.1) is 0 Å². The van der Waals surface area contributed by atoms with Crippen LogP contribution in [0.4, 0.5) is 0 Å². The summed E-state index contributed by atoms with van der Waals surface area (Å²) in [5.41, 5.74) is 18.2. The van der Waals surface area contributed by atoms with Crippen molar-refractivity contribution in [3.8, 4) is 55.6 Å². The van der Waals surface area contributed by atoms with Gasteiger partial charge in [0.25, 0.3) is 0 Å². The summed E-state index contributed by atoms with van der Waals surface area (Å²) < 4.78 is 0. The lowest BCUT2D eigenvalue weighted by Gasteiger charge is -2.56. The van der Waals surface area contributed by atoms with Gasteiger partial charge in [0, 0.05) is 0 Å². The molecule has 0 spiro atoms. The summed E-state index contributed by atoms with van der Waals surface area (Å²) in [6.45, 7) is 20.2. The Morgan fingerprint density at radius 3 is 0.708 bits per heavy atom. The highest BCUT2D eigenvalue weighted by atomic mass is 14.6. The summed E-state index contributed by atoms with van der Waals surface area (Å²) in [5, 5.41) is 15.4. The molecule has 0 amide bonds. The number of benzene rings is 12. The summed E-state index contributed by atoms with van der Waals surface area (Å²) in [5.74, 6) is 0. The van der Waals surface area contributed by atoms with Gasteiger partial charge in [-0.3, -0.25) is 0 Å². The lowest BCUT2D eigenvalue weighted by molar-refractivity contribution is 0.276. The number of rotatable bonds is 4. The van der Waals surface area contributed by atoms with Crippen molar-refractivity contribution in [2.45, 2.75) is 77.0 Å². The van der Waals surface area contributed by atoms with E-state index in [0.29, 0.717) is 0 Å². The molecule has 12 aromatic carbocycles. The SMILES string of the molecule is CC1(C)c2cc(-c3c4ccccc4c(-c4cccc5ccccc45)c4ccccc34)cc3c2-c2c(cc(-c4c5ccccc5c(-c5cccc6ccccc56)c5ccccc45)cc2C(C)(C)C3(C)C)C1(C)C. The molecule has 2 aliphatic rings. The molecular weight excluding hydrogens is 865 g/mol. The van der Waals surface area contributed by atoms with E-state index in [4.69, 9.17) is 0 Å². The first kappa shape index (κ1) is 43.0. The Morgan fingerprint density at radius 1 is 0.208 bits per heavy atom. The van der Waals surface area contributed by atoms with Crippen LogP contribution in [0.5, 0.6) is 0 Å². The predicted molar refractivity (Wildman–Crippen MR) is 311 cm³/mol. The van der Waals surface area contributed by atoms with Gasteiger partial charge in [-0.2, -0.15) is 0 Å². The van der Waals surface area contributed by atoms with Gasteiger partial charge < -0.3 is 0 Å². The molecule has 0 saturated carbocycles. The zero-order chi connectivity index (χ0) is 49.1. The molecule has 0 atom stereocenters. The Morgan fingerprint density at radius 2 is 0.431 bits per heavy atom. The summed E-state index contributed by atoms with van der Waals surface area (Å²) in [6.07, 6.45) is 0. The second-order valence-electron chi connectivity index (χ2n) is 23.1. The maximum absolute atomic E-state index is 2.62. The van der Waals surface area contributed by atoms with Crippen LogP contribution in [-0.4, -0.2) is 0 Å². The molecule has 0 nitrogen and oxygen atoms in total. The van der Waals surface area contributed by atoms with Crippen LogP contribution >= 0.6 is 0 Å². The van der Waals surface area contributed by atoms with Crippen molar-refractivity contribution < 1.29 is 0 Å². The Hall–Kier alpha value is -7.80. The normalized spacial score (nSPS) is 15.9. The lowest BCUT2D eigenvalue weighted by atomic mass is 9.47. The maximum Gasteiger partial charge on any atom is -0.000535 e. The van der Waals surface area contributed by atoms with Gasteiger partial charge in [0.1, 0.15) is 0 Å². The van der Waals surface area contributed by atoms with Gasteiger partial charge in [0.05, 0.1) is 0 Å². The largest absolute Gasteiger partial charge is 0.0616 e. The minimum atomic E-state index is -0.232. The van der Waals surface area contributed by atoms with Gasteiger partial charge in [0.2, 0.25) is 0 Å². The summed E-state index contributed by atoms with van der Waals surface area (Å²) >= 11 is 0. The zero-order valence-electron chi connectivity index (χ0n) is 42.6. The smallest absolute Gasteiger partial charge is 0.000535 e. The molecule has 0 N–H and O–H groups in total. The van der Waals surface area contributed by atoms with E-state index in [1.54, 1.807) is 0 Å². The minimum Gasteiger partial charge on any atom is -0.0616 e. The van der Waals surface area contributed by atoms with Crippen LogP contribution in [-0.2, 0) is 21.7 Å². The molecule has 0 saturated heterocycles. The van der Waals surface area contributed by atoms with E-state index in [1.807, 2.05) is 0 Å². The topological polar surface area (TPSA) is 0 Å². The number of fused-ring (bicyclic) bond motifs is 6. The van der Waals surface area contributed by atoms with Crippen molar-refractivity contribution in [2.75, 3.05) is 0 Å². The fraction of sp³-hybridized carbons (Fsp3) is 0.167. The van der Waals surface area contributed by atoms with Gasteiger partial charge in [0.15, 0.2) is 0 Å². The van der Waals surface area contributed by atoms with Crippen molar-refractivity contribution in [3.63, 3.8) is 0 Å². The van der Waals surface area contributed by atoms with Crippen molar-refractivity contribution >= 4 is 64.6 Å². The standard InChI is InChI=1S/C72H58/c1-69(2)59-39-45(63-51-29-13-17-33-55(51)65(56-34-18-14-30-52(56)63)49-37-21-25-43-23-9-11-27-47(43)49)41-61-67(59)68-60(70(69,3)4)40-46(42-62(68)72(7,8)71(61,5)6)64-53-31-15-19-35-57(53)66(58-36-20-16-32-54(58)64)50-38-22-26-44-24-10-12-28-48(44)50/h9-42H,1-8H3. The second-order valence-corrected chi connectivity index (χ2v) is 23.1. The van der Waals surface area contributed by atoms with Crippen LogP contribution < -0.4 is 0 Å². The molecule has 12 aromatic rings. The number of hydrogen-bond donors (Lipinski definition) is 0. The monoisotopic (exact) mass is 922 g/mol. The number of hydrogen-bond acceptors (Lipinski definition) is 0. The maximum atomic E-state index is 2.62. The Balaban J connectivity index is 1.05. The summed E-state index contributed by atoms with van der Waals surface area (Å²) in [4.78, 5) is 0. The van der Waals surface area contributed by atoms with Gasteiger partial charge in [-0.1, -0.05) is 237 Å². The average molecular weight is 923 g/mol. The van der Waals surface area contributed by atoms with Crippen LogP contribution in [0.1, 0.15) is 77.6 Å². The molecule has 0 radical (unpaired) electrons. The first-order valence-electron chi connectivity index (χ1n) is 26.0. The molecule has 0 aliphatic heterocycles. The van der Waals surface area contributed by atoms with E-state index in [9.17, 15) is 0 Å². The molecule has 72 heavy (non-hydrogen) atoms. The Bertz CT molecular complexity index is 3850. The van der Waals surface area contributed by atoms with Gasteiger partial charge >= 0.3 is 0 Å². The van der Waals surface area contributed by atoms with Gasteiger partial charge in [-0.25, -0.2) is 0 Å². The summed E-state index contributed by atoms with van der Waals surface area (Å²) in [6, 6.07) is 78.5. The molecule has 0 aromatic heterocycles. The summed E-state index contributed by atoms with van der Waals surface area (Å²) in [7, 11) is 0. The molecule has 2 aliphatic carbocycles. The molecule has 0 fully saturated rings. The van der Waals surface area contributed by atoms with Crippen LogP contribution in [0.3, 0.4) is 0 Å². The third-order valence-electron chi connectivity index (χ3n) is 18.9. The highest BCUT2D eigenvalue weighted by molar-refractivity contribution is 6.25. The molecule has 0 heterocycles. The van der Waals surface area contributed by atoms with Crippen LogP contribution in [0.15, 0.2) is 206 Å². The first-order valence-corrected chi connectivity index (χ1v) is 26.0. The molecular formula is C72H58. The van der Waals surface area contributed by atoms with Crippen molar-refractivity contribution in [1.29, 1.82) is 0 Å². The van der Waals surface area contributed by atoms with E-state index >= 15 is 0 Å². The van der Waals surface area contributed by atoms with Crippen molar-refractivity contribution in [3.05, 3.63) is 229 Å². The van der Waals surface area contributed by atoms with E-state index in [0.717, 1.165) is 0 Å². The molecule has 0 bridgehead atoms. The van der Waals surface area contributed by atoms with E-state index in [2.05, 4.69) is 262 Å². The van der Waals surface area contributed by atoms with E-state index in [1.165, 1.54) is 143 Å². The molecule has 0 heteroatoms. The molecule has 14 rings (SSSR count). The van der Waals surface area contributed by atoms with E-state index in [-0.39, 0.29) is 21.7 Å². The predicted octanol–water partition coefficient (Wildman–Crippen LogP) is 20.1. The second kappa shape index (κ2) is 14.9. The Kier molecular flexibility index (Phi) is 8.89. The van der Waals surface area contributed by atoms with Crippen LogP contribution in [0.25, 0.3) is 120 Å². The zero-order valence-corrected chi connectivity index (χ0v) is 42.6.